The minimum atomic E-state index is -0.143. The average Bonchev–Trinajstić information content (AvgIpc) is 2.51. The summed E-state index contributed by atoms with van der Waals surface area (Å²) in [6.07, 6.45) is 3.10. The molecule has 2 amide bonds. The van der Waals surface area contributed by atoms with Crippen LogP contribution in [-0.2, 0) is 9.59 Å². The summed E-state index contributed by atoms with van der Waals surface area (Å²) in [5.74, 6) is -0.0155. The molecule has 0 aliphatic carbocycles. The minimum Gasteiger partial charge on any atom is -0.399 e. The molecule has 1 unspecified atom stereocenters. The molecule has 0 aromatic heterocycles. The number of rotatable bonds is 4. The van der Waals surface area contributed by atoms with E-state index >= 15 is 0 Å². The van der Waals surface area contributed by atoms with Crippen molar-refractivity contribution >= 4 is 35.6 Å². The third kappa shape index (κ3) is 5.13. The van der Waals surface area contributed by atoms with Crippen molar-refractivity contribution in [1.82, 2.24) is 4.90 Å². The summed E-state index contributed by atoms with van der Waals surface area (Å²) < 4.78 is 0. The second-order valence-corrected chi connectivity index (χ2v) is 5.99. The summed E-state index contributed by atoms with van der Waals surface area (Å²) in [6.45, 7) is 5.22. The van der Waals surface area contributed by atoms with E-state index in [2.05, 4.69) is 5.32 Å². The number of carbonyl (C=O) groups excluding carboxylic acids is 2. The largest absolute Gasteiger partial charge is 0.399 e. The van der Waals surface area contributed by atoms with Gasteiger partial charge in [-0.1, -0.05) is 13.0 Å². The number of halogens is 1. The summed E-state index contributed by atoms with van der Waals surface area (Å²) in [7, 11) is 0. The maximum Gasteiger partial charge on any atom is 0.229 e. The van der Waals surface area contributed by atoms with E-state index in [9.17, 15) is 9.59 Å². The van der Waals surface area contributed by atoms with Crippen molar-refractivity contribution < 1.29 is 9.59 Å². The van der Waals surface area contributed by atoms with Gasteiger partial charge in [0.25, 0.3) is 0 Å². The van der Waals surface area contributed by atoms with Gasteiger partial charge in [-0.15, -0.1) is 12.4 Å². The van der Waals surface area contributed by atoms with E-state index in [1.807, 2.05) is 30.9 Å². The molecule has 1 aliphatic rings. The van der Waals surface area contributed by atoms with Gasteiger partial charge >= 0.3 is 0 Å². The normalized spacial score (nSPS) is 17.3. The first-order valence-electron chi connectivity index (χ1n) is 7.96. The van der Waals surface area contributed by atoms with Crippen molar-refractivity contribution in [2.75, 3.05) is 24.1 Å². The Hall–Kier alpha value is -1.75. The lowest BCUT2D eigenvalue weighted by atomic mass is 9.96. The van der Waals surface area contributed by atoms with Crippen LogP contribution in [0, 0.1) is 12.8 Å². The van der Waals surface area contributed by atoms with E-state index < -0.39 is 0 Å². The van der Waals surface area contributed by atoms with Gasteiger partial charge in [0.2, 0.25) is 11.8 Å². The summed E-state index contributed by atoms with van der Waals surface area (Å²) >= 11 is 0. The zero-order valence-corrected chi connectivity index (χ0v) is 14.6. The van der Waals surface area contributed by atoms with Gasteiger partial charge in [-0.3, -0.25) is 9.59 Å². The third-order valence-corrected chi connectivity index (χ3v) is 4.13. The molecule has 1 fully saturated rings. The number of aryl methyl sites for hydroxylation is 1. The van der Waals surface area contributed by atoms with Crippen LogP contribution in [0.1, 0.15) is 38.2 Å². The number of anilines is 2. The van der Waals surface area contributed by atoms with E-state index in [1.54, 1.807) is 6.07 Å². The zero-order chi connectivity index (χ0) is 16.1. The lowest BCUT2D eigenvalue weighted by Crippen LogP contribution is -2.43. The number of nitrogens with one attached hydrogen (secondary N) is 1. The fourth-order valence-electron chi connectivity index (χ4n) is 2.80. The van der Waals surface area contributed by atoms with Gasteiger partial charge in [0.1, 0.15) is 0 Å². The second kappa shape index (κ2) is 8.77. The number of nitrogens with zero attached hydrogens (tertiary/aromatic N) is 1. The SMILES string of the molecule is CCCC(=O)N1CCCC(C(=O)Nc2cc(N)ccc2C)C1.Cl. The highest BCUT2D eigenvalue weighted by Gasteiger charge is 2.28. The molecule has 5 nitrogen and oxygen atoms in total. The van der Waals surface area contributed by atoms with E-state index in [4.69, 9.17) is 5.73 Å². The van der Waals surface area contributed by atoms with Gasteiger partial charge < -0.3 is 16.0 Å². The van der Waals surface area contributed by atoms with Gasteiger partial charge in [-0.2, -0.15) is 0 Å². The van der Waals surface area contributed by atoms with E-state index in [1.165, 1.54) is 0 Å². The Morgan fingerprint density at radius 3 is 2.83 bits per heavy atom. The van der Waals surface area contributed by atoms with Gasteiger partial charge in [-0.25, -0.2) is 0 Å². The molecule has 0 radical (unpaired) electrons. The number of benzene rings is 1. The van der Waals surface area contributed by atoms with E-state index in [0.717, 1.165) is 37.1 Å². The Kier molecular flexibility index (Phi) is 7.36. The maximum atomic E-state index is 12.5. The summed E-state index contributed by atoms with van der Waals surface area (Å²) in [5, 5.41) is 2.96. The third-order valence-electron chi connectivity index (χ3n) is 4.13. The minimum absolute atomic E-state index is 0. The van der Waals surface area contributed by atoms with Crippen LogP contribution in [0.3, 0.4) is 0 Å². The molecule has 2 rings (SSSR count). The number of nitrogen functional groups attached to an aromatic ring is 1. The van der Waals surface area contributed by atoms with Crippen molar-refractivity contribution in [2.45, 2.75) is 39.5 Å². The molecule has 1 saturated heterocycles. The lowest BCUT2D eigenvalue weighted by Gasteiger charge is -2.32. The van der Waals surface area contributed by atoms with Crippen LogP contribution in [0.2, 0.25) is 0 Å². The van der Waals surface area contributed by atoms with Crippen LogP contribution in [0.15, 0.2) is 18.2 Å². The molecule has 0 spiro atoms. The van der Waals surface area contributed by atoms with Crippen LogP contribution in [0.25, 0.3) is 0 Å². The van der Waals surface area contributed by atoms with E-state index in [-0.39, 0.29) is 30.1 Å². The van der Waals surface area contributed by atoms with Crippen molar-refractivity contribution in [2.24, 2.45) is 5.92 Å². The van der Waals surface area contributed by atoms with Gasteiger partial charge in [0, 0.05) is 30.9 Å². The maximum absolute atomic E-state index is 12.5. The first-order valence-corrected chi connectivity index (χ1v) is 7.96. The lowest BCUT2D eigenvalue weighted by molar-refractivity contribution is -0.134. The fraction of sp³-hybridized carbons (Fsp3) is 0.529. The number of amides is 2. The highest BCUT2D eigenvalue weighted by atomic mass is 35.5. The molecule has 1 aromatic rings. The molecule has 1 atom stereocenters. The zero-order valence-electron chi connectivity index (χ0n) is 13.8. The molecule has 23 heavy (non-hydrogen) atoms. The fourth-order valence-corrected chi connectivity index (χ4v) is 2.80. The molecule has 3 N–H and O–H groups in total. The Balaban J connectivity index is 0.00000264. The Labute approximate surface area is 144 Å². The number of hydrogen-bond acceptors (Lipinski definition) is 3. The molecular formula is C17H26ClN3O2. The monoisotopic (exact) mass is 339 g/mol. The van der Waals surface area contributed by atoms with Crippen LogP contribution in [0.5, 0.6) is 0 Å². The van der Waals surface area contributed by atoms with Gasteiger partial charge in [0.15, 0.2) is 0 Å². The van der Waals surface area contributed by atoms with Crippen LogP contribution in [-0.4, -0.2) is 29.8 Å². The number of nitrogens with two attached hydrogens (primary N) is 1. The Morgan fingerprint density at radius 2 is 2.13 bits per heavy atom. The molecule has 0 bridgehead atoms. The van der Waals surface area contributed by atoms with Crippen molar-refractivity contribution in [3.63, 3.8) is 0 Å². The molecule has 1 aliphatic heterocycles. The molecule has 128 valence electrons. The summed E-state index contributed by atoms with van der Waals surface area (Å²) in [4.78, 5) is 26.3. The summed E-state index contributed by atoms with van der Waals surface area (Å²) in [6, 6.07) is 5.48. The number of likely N-dealkylation sites (tertiary alicyclic amines) is 1. The molecular weight excluding hydrogens is 314 g/mol. The predicted octanol–water partition coefficient (Wildman–Crippen LogP) is 2.98. The second-order valence-electron chi connectivity index (χ2n) is 5.99. The molecule has 6 heteroatoms. The average molecular weight is 340 g/mol. The van der Waals surface area contributed by atoms with Crippen LogP contribution >= 0.6 is 12.4 Å². The van der Waals surface area contributed by atoms with Gasteiger partial charge in [0.05, 0.1) is 5.92 Å². The van der Waals surface area contributed by atoms with Crippen molar-refractivity contribution in [3.8, 4) is 0 Å². The first kappa shape index (κ1) is 19.3. The highest BCUT2D eigenvalue weighted by Crippen LogP contribution is 2.22. The Bertz CT molecular complexity index is 563. The predicted molar refractivity (Wildman–Crippen MR) is 95.7 cm³/mol. The van der Waals surface area contributed by atoms with Crippen molar-refractivity contribution in [3.05, 3.63) is 23.8 Å². The summed E-state index contributed by atoms with van der Waals surface area (Å²) in [5.41, 5.74) is 8.14. The van der Waals surface area contributed by atoms with E-state index in [0.29, 0.717) is 18.7 Å². The van der Waals surface area contributed by atoms with Gasteiger partial charge in [-0.05, 0) is 43.9 Å². The standard InChI is InChI=1S/C17H25N3O2.ClH/c1-3-5-16(21)20-9-4-6-13(11-20)17(22)19-15-10-14(18)8-7-12(15)2;/h7-8,10,13H,3-6,9,11,18H2,1-2H3,(H,19,22);1H. The number of piperidine rings is 1. The smallest absolute Gasteiger partial charge is 0.229 e. The van der Waals surface area contributed by atoms with Crippen LogP contribution in [0.4, 0.5) is 11.4 Å². The first-order chi connectivity index (χ1) is 10.5. The molecule has 1 heterocycles. The Morgan fingerprint density at radius 1 is 1.39 bits per heavy atom. The molecule has 1 aromatic carbocycles. The number of hydrogen-bond donors (Lipinski definition) is 2. The highest BCUT2D eigenvalue weighted by molar-refractivity contribution is 5.94. The van der Waals surface area contributed by atoms with Crippen molar-refractivity contribution in [1.29, 1.82) is 0 Å². The number of carbonyl (C=O) groups is 2. The topological polar surface area (TPSA) is 75.4 Å². The molecule has 0 saturated carbocycles. The quantitative estimate of drug-likeness (QED) is 0.828. The van der Waals surface area contributed by atoms with Crippen LogP contribution < -0.4 is 11.1 Å².